The molecule has 0 unspecified atom stereocenters. The summed E-state index contributed by atoms with van der Waals surface area (Å²) >= 11 is 2.75. The Balaban J connectivity index is 1.22. The second kappa shape index (κ2) is 14.7. The Bertz CT molecular complexity index is 1930. The summed E-state index contributed by atoms with van der Waals surface area (Å²) in [6.45, 7) is 0.00615. The van der Waals surface area contributed by atoms with Crippen molar-refractivity contribution in [3.63, 3.8) is 0 Å². The number of hydrogen-bond acceptors (Lipinski definition) is 10. The predicted molar refractivity (Wildman–Crippen MR) is 181 cm³/mol. The van der Waals surface area contributed by atoms with Crippen molar-refractivity contribution < 1.29 is 28.2 Å². The highest BCUT2D eigenvalue weighted by Gasteiger charge is 2.34. The number of methoxy groups -OCH3 is 3. The number of rotatable bonds is 12. The van der Waals surface area contributed by atoms with Crippen LogP contribution in [0.25, 0.3) is 5.69 Å². The van der Waals surface area contributed by atoms with E-state index in [-0.39, 0.29) is 30.2 Å². The summed E-state index contributed by atoms with van der Waals surface area (Å²) in [7, 11) is 4.62. The highest BCUT2D eigenvalue weighted by molar-refractivity contribution is 7.99. The number of hydrazone groups is 1. The third kappa shape index (κ3) is 7.04. The topological polar surface area (TPSA) is 120 Å². The Morgan fingerprint density at radius 1 is 0.958 bits per heavy atom. The number of carbonyl (C=O) groups excluding carboxylic acids is 2. The van der Waals surface area contributed by atoms with E-state index in [9.17, 15) is 14.0 Å². The molecule has 0 bridgehead atoms. The lowest BCUT2D eigenvalue weighted by Crippen LogP contribution is -2.28. The number of carbonyl (C=O) groups is 2. The van der Waals surface area contributed by atoms with Gasteiger partial charge in [0.2, 0.25) is 0 Å². The summed E-state index contributed by atoms with van der Waals surface area (Å²) < 4.78 is 31.5. The molecule has 0 saturated heterocycles. The van der Waals surface area contributed by atoms with Crippen LogP contribution >= 0.6 is 23.1 Å². The molecule has 1 aliphatic heterocycles. The Labute approximate surface area is 284 Å². The summed E-state index contributed by atoms with van der Waals surface area (Å²) in [6, 6.07) is 21.9. The van der Waals surface area contributed by atoms with Gasteiger partial charge in [-0.05, 0) is 71.6 Å². The van der Waals surface area contributed by atoms with Crippen LogP contribution in [-0.2, 0) is 11.3 Å². The zero-order chi connectivity index (χ0) is 33.6. The minimum Gasteiger partial charge on any atom is -0.497 e. The predicted octanol–water partition coefficient (Wildman–Crippen LogP) is 5.89. The lowest BCUT2D eigenvalue weighted by molar-refractivity contribution is -0.130. The van der Waals surface area contributed by atoms with Gasteiger partial charge < -0.3 is 19.5 Å². The molecular formula is C34H31FN6O5S2. The molecule has 0 saturated carbocycles. The third-order valence-corrected chi connectivity index (χ3v) is 9.47. The Morgan fingerprint density at radius 2 is 1.73 bits per heavy atom. The van der Waals surface area contributed by atoms with Crippen LogP contribution in [0.3, 0.4) is 0 Å². The van der Waals surface area contributed by atoms with Crippen molar-refractivity contribution in [2.45, 2.75) is 24.2 Å². The van der Waals surface area contributed by atoms with Crippen LogP contribution in [0.5, 0.6) is 17.2 Å². The van der Waals surface area contributed by atoms with Crippen molar-refractivity contribution in [2.75, 3.05) is 27.1 Å². The highest BCUT2D eigenvalue weighted by atomic mass is 32.2. The van der Waals surface area contributed by atoms with E-state index in [1.807, 2.05) is 41.8 Å². The number of benzene rings is 3. The molecule has 6 rings (SSSR count). The lowest BCUT2D eigenvalue weighted by atomic mass is 10.0. The van der Waals surface area contributed by atoms with Gasteiger partial charge in [-0.3, -0.25) is 14.2 Å². The number of thioether (sulfide) groups is 1. The first kappa shape index (κ1) is 32.7. The second-order valence-corrected chi connectivity index (χ2v) is 12.4. The largest absolute Gasteiger partial charge is 0.497 e. The van der Waals surface area contributed by atoms with Crippen LogP contribution in [0.2, 0.25) is 0 Å². The van der Waals surface area contributed by atoms with Crippen LogP contribution in [-0.4, -0.2) is 64.4 Å². The van der Waals surface area contributed by atoms with E-state index < -0.39 is 5.82 Å². The van der Waals surface area contributed by atoms with Crippen LogP contribution in [0.4, 0.5) is 4.39 Å². The minimum atomic E-state index is -0.405. The molecule has 3 aromatic carbocycles. The van der Waals surface area contributed by atoms with E-state index in [0.717, 1.165) is 21.9 Å². The van der Waals surface area contributed by atoms with E-state index in [2.05, 4.69) is 15.5 Å². The average molecular weight is 687 g/mol. The van der Waals surface area contributed by atoms with Crippen LogP contribution < -0.4 is 19.5 Å². The SMILES string of the molecule is COc1ccc([C@H]2CC(c3cccs3)=NN2C(=O)CSc2nnc(CNC(=O)c3ccc(OC)c(OC)c3)n2-c2ccc(F)cc2)cc1. The smallest absolute Gasteiger partial charge is 0.253 e. The second-order valence-electron chi connectivity index (χ2n) is 10.5. The lowest BCUT2D eigenvalue weighted by Gasteiger charge is -2.22. The van der Waals surface area contributed by atoms with Crippen molar-refractivity contribution in [3.8, 4) is 22.9 Å². The van der Waals surface area contributed by atoms with Crippen molar-refractivity contribution >= 4 is 40.6 Å². The summed E-state index contributed by atoms with van der Waals surface area (Å²) in [5.74, 6) is 1.04. The van der Waals surface area contributed by atoms with E-state index in [0.29, 0.717) is 40.2 Å². The van der Waals surface area contributed by atoms with E-state index in [1.165, 1.54) is 43.1 Å². The first-order chi connectivity index (χ1) is 23.4. The van der Waals surface area contributed by atoms with E-state index in [1.54, 1.807) is 53.3 Å². The fourth-order valence-corrected chi connectivity index (χ4v) is 6.75. The zero-order valence-electron chi connectivity index (χ0n) is 26.3. The summed E-state index contributed by atoms with van der Waals surface area (Å²) in [4.78, 5) is 27.9. The van der Waals surface area contributed by atoms with Gasteiger partial charge >= 0.3 is 0 Å². The highest BCUT2D eigenvalue weighted by Crippen LogP contribution is 2.35. The average Bonchev–Trinajstić information content (AvgIpc) is 3.90. The fourth-order valence-electron chi connectivity index (χ4n) is 5.21. The molecule has 3 heterocycles. The summed E-state index contributed by atoms with van der Waals surface area (Å²) in [5, 5.41) is 20.2. The number of nitrogens with one attached hydrogen (secondary N) is 1. The maximum absolute atomic E-state index is 13.9. The molecule has 48 heavy (non-hydrogen) atoms. The number of nitrogens with zero attached hydrogens (tertiary/aromatic N) is 5. The van der Waals surface area contributed by atoms with Gasteiger partial charge in [-0.15, -0.1) is 21.5 Å². The summed E-state index contributed by atoms with van der Waals surface area (Å²) in [6.07, 6.45) is 0.568. The van der Waals surface area contributed by atoms with Gasteiger partial charge in [-0.25, -0.2) is 9.40 Å². The molecule has 0 fully saturated rings. The summed E-state index contributed by atoms with van der Waals surface area (Å²) in [5.41, 5.74) is 2.71. The molecule has 0 aliphatic carbocycles. The standard InChI is InChI=1S/C34H31FN6O5S2/c1-44-25-13-6-21(7-14-25)27-18-26(30-5-4-16-47-30)39-41(27)32(42)20-48-34-38-37-31(40(34)24-11-9-23(35)10-12-24)19-36-33(43)22-8-15-28(45-2)29(17-22)46-3/h4-17,27H,18-20H2,1-3H3,(H,36,43)/t27-/m1/s1. The molecule has 1 atom stereocenters. The molecule has 5 aromatic rings. The van der Waals surface area contributed by atoms with Crippen molar-refractivity contribution in [3.05, 3.63) is 112 Å². The maximum atomic E-state index is 13.9. The van der Waals surface area contributed by atoms with Crippen molar-refractivity contribution in [1.29, 1.82) is 0 Å². The van der Waals surface area contributed by atoms with E-state index in [4.69, 9.17) is 19.3 Å². The number of thiophene rings is 1. The number of amides is 2. The Kier molecular flexibility index (Phi) is 10.0. The first-order valence-corrected chi connectivity index (χ1v) is 16.7. The molecule has 11 nitrogen and oxygen atoms in total. The number of halogens is 1. The molecule has 0 radical (unpaired) electrons. The number of hydrogen-bond donors (Lipinski definition) is 1. The van der Waals surface area contributed by atoms with Gasteiger partial charge in [0.15, 0.2) is 22.5 Å². The molecule has 2 aromatic heterocycles. The molecule has 2 amide bonds. The zero-order valence-corrected chi connectivity index (χ0v) is 27.9. The minimum absolute atomic E-state index is 0.00516. The molecular weight excluding hydrogens is 656 g/mol. The monoisotopic (exact) mass is 686 g/mol. The normalized spacial score (nSPS) is 14.0. The van der Waals surface area contributed by atoms with Gasteiger partial charge in [0.25, 0.3) is 11.8 Å². The van der Waals surface area contributed by atoms with Gasteiger partial charge in [0.1, 0.15) is 11.6 Å². The van der Waals surface area contributed by atoms with Gasteiger partial charge in [0, 0.05) is 17.7 Å². The fraction of sp³-hybridized carbons (Fsp3) is 0.206. The van der Waals surface area contributed by atoms with Gasteiger partial charge in [-0.1, -0.05) is 30.0 Å². The third-order valence-electron chi connectivity index (χ3n) is 7.63. The molecule has 1 aliphatic rings. The first-order valence-electron chi connectivity index (χ1n) is 14.8. The maximum Gasteiger partial charge on any atom is 0.253 e. The quantitative estimate of drug-likeness (QED) is 0.161. The van der Waals surface area contributed by atoms with Gasteiger partial charge in [0.05, 0.1) is 50.3 Å². The Hall–Kier alpha value is -5.21. The molecule has 1 N–H and O–H groups in total. The number of ether oxygens (including phenoxy) is 3. The van der Waals surface area contributed by atoms with Crippen molar-refractivity contribution in [1.82, 2.24) is 25.1 Å². The number of aromatic nitrogens is 3. The van der Waals surface area contributed by atoms with Crippen LogP contribution in [0, 0.1) is 5.82 Å². The molecule has 246 valence electrons. The van der Waals surface area contributed by atoms with E-state index >= 15 is 0 Å². The van der Waals surface area contributed by atoms with Crippen LogP contribution in [0.15, 0.2) is 94.5 Å². The van der Waals surface area contributed by atoms with Gasteiger partial charge in [-0.2, -0.15) is 5.10 Å². The van der Waals surface area contributed by atoms with Crippen molar-refractivity contribution in [2.24, 2.45) is 5.10 Å². The Morgan fingerprint density at radius 3 is 2.42 bits per heavy atom. The molecule has 14 heteroatoms. The molecule has 0 spiro atoms. The van der Waals surface area contributed by atoms with Crippen LogP contribution in [0.1, 0.15) is 39.1 Å².